The highest BCUT2D eigenvalue weighted by Gasteiger charge is 1.99. The molecular formula is C11H13FN4O. The molecule has 0 saturated heterocycles. The third-order valence-corrected chi connectivity index (χ3v) is 2.20. The molecule has 0 aliphatic heterocycles. The quantitative estimate of drug-likeness (QED) is 0.839. The van der Waals surface area contributed by atoms with Crippen LogP contribution < -0.4 is 10.5 Å². The molecule has 0 fully saturated rings. The van der Waals surface area contributed by atoms with Crippen molar-refractivity contribution < 1.29 is 9.13 Å². The summed E-state index contributed by atoms with van der Waals surface area (Å²) in [5.74, 6) is 0.353. The molecular weight excluding hydrogens is 223 g/mol. The average molecular weight is 236 g/mol. The van der Waals surface area contributed by atoms with Crippen molar-refractivity contribution in [3.63, 3.8) is 0 Å². The molecule has 0 bridgehead atoms. The number of hydrogen-bond donors (Lipinski definition) is 1. The van der Waals surface area contributed by atoms with E-state index in [0.29, 0.717) is 25.4 Å². The summed E-state index contributed by atoms with van der Waals surface area (Å²) < 4.78 is 19.7. The van der Waals surface area contributed by atoms with Gasteiger partial charge in [-0.3, -0.25) is 0 Å². The monoisotopic (exact) mass is 236 g/mol. The maximum Gasteiger partial charge on any atom is 0.123 e. The second-order valence-electron chi connectivity index (χ2n) is 3.48. The van der Waals surface area contributed by atoms with Gasteiger partial charge in [0.05, 0.1) is 12.2 Å². The van der Waals surface area contributed by atoms with E-state index >= 15 is 0 Å². The van der Waals surface area contributed by atoms with Gasteiger partial charge >= 0.3 is 0 Å². The van der Waals surface area contributed by atoms with Gasteiger partial charge in [-0.2, -0.15) is 0 Å². The average Bonchev–Trinajstić information content (AvgIpc) is 2.80. The molecule has 0 spiro atoms. The van der Waals surface area contributed by atoms with Crippen LogP contribution in [0.5, 0.6) is 5.75 Å². The van der Waals surface area contributed by atoms with Crippen LogP contribution in [0.2, 0.25) is 0 Å². The summed E-state index contributed by atoms with van der Waals surface area (Å²) >= 11 is 0. The lowest BCUT2D eigenvalue weighted by molar-refractivity contribution is 0.289. The molecule has 6 heteroatoms. The molecule has 5 nitrogen and oxygen atoms in total. The Bertz CT molecular complexity index is 469. The maximum absolute atomic E-state index is 12.6. The Kier molecular flexibility index (Phi) is 3.66. The van der Waals surface area contributed by atoms with Crippen LogP contribution in [-0.4, -0.2) is 21.6 Å². The Hall–Kier alpha value is -1.95. The molecule has 0 saturated carbocycles. The van der Waals surface area contributed by atoms with Gasteiger partial charge in [-0.15, -0.1) is 5.10 Å². The summed E-state index contributed by atoms with van der Waals surface area (Å²) in [6, 6.07) is 5.89. The maximum atomic E-state index is 12.6. The molecule has 0 radical (unpaired) electrons. The van der Waals surface area contributed by atoms with Crippen LogP contribution in [0.25, 0.3) is 0 Å². The third kappa shape index (κ3) is 3.25. The molecule has 0 unspecified atom stereocenters. The number of ether oxygens (including phenoxy) is 1. The van der Waals surface area contributed by atoms with Crippen LogP contribution in [0.3, 0.4) is 0 Å². The normalized spacial score (nSPS) is 10.5. The summed E-state index contributed by atoms with van der Waals surface area (Å²) in [7, 11) is 0. The van der Waals surface area contributed by atoms with Gasteiger partial charge in [0, 0.05) is 12.7 Å². The van der Waals surface area contributed by atoms with Crippen molar-refractivity contribution in [2.75, 3.05) is 6.61 Å². The molecule has 0 amide bonds. The van der Waals surface area contributed by atoms with Crippen LogP contribution in [0.1, 0.15) is 5.69 Å². The fourth-order valence-corrected chi connectivity index (χ4v) is 1.33. The van der Waals surface area contributed by atoms with E-state index in [1.807, 2.05) is 0 Å². The molecule has 0 atom stereocenters. The van der Waals surface area contributed by atoms with Crippen molar-refractivity contribution in [2.24, 2.45) is 5.73 Å². The van der Waals surface area contributed by atoms with Crippen molar-refractivity contribution in [3.8, 4) is 5.75 Å². The molecule has 1 aromatic carbocycles. The molecule has 0 aliphatic rings. The summed E-state index contributed by atoms with van der Waals surface area (Å²) in [6.45, 7) is 1.39. The minimum Gasteiger partial charge on any atom is -0.492 e. The largest absolute Gasteiger partial charge is 0.492 e. The van der Waals surface area contributed by atoms with E-state index in [4.69, 9.17) is 10.5 Å². The van der Waals surface area contributed by atoms with Gasteiger partial charge in [0.1, 0.15) is 18.2 Å². The van der Waals surface area contributed by atoms with Crippen LogP contribution in [0, 0.1) is 5.82 Å². The highest BCUT2D eigenvalue weighted by Crippen LogP contribution is 2.10. The zero-order chi connectivity index (χ0) is 12.1. The zero-order valence-electron chi connectivity index (χ0n) is 9.21. The lowest BCUT2D eigenvalue weighted by Gasteiger charge is -2.05. The highest BCUT2D eigenvalue weighted by molar-refractivity contribution is 5.21. The molecule has 2 N–H and O–H groups in total. The van der Waals surface area contributed by atoms with Crippen molar-refractivity contribution in [1.82, 2.24) is 15.0 Å². The number of nitrogens with zero attached hydrogens (tertiary/aromatic N) is 3. The zero-order valence-corrected chi connectivity index (χ0v) is 9.21. The van der Waals surface area contributed by atoms with Gasteiger partial charge in [-0.1, -0.05) is 5.21 Å². The lowest BCUT2D eigenvalue weighted by Crippen LogP contribution is -2.08. The minimum absolute atomic E-state index is 0.277. The first-order chi connectivity index (χ1) is 8.28. The summed E-state index contributed by atoms with van der Waals surface area (Å²) in [5.41, 5.74) is 6.16. The van der Waals surface area contributed by atoms with Gasteiger partial charge in [0.25, 0.3) is 0 Å². The molecule has 2 rings (SSSR count). The second-order valence-corrected chi connectivity index (χ2v) is 3.48. The van der Waals surface area contributed by atoms with E-state index in [1.165, 1.54) is 12.1 Å². The second kappa shape index (κ2) is 5.40. The van der Waals surface area contributed by atoms with Gasteiger partial charge in [0.2, 0.25) is 0 Å². The van der Waals surface area contributed by atoms with E-state index in [-0.39, 0.29) is 5.82 Å². The predicted octanol–water partition coefficient (Wildman–Crippen LogP) is 0.955. The minimum atomic E-state index is -0.277. The summed E-state index contributed by atoms with van der Waals surface area (Å²) in [4.78, 5) is 0. The van der Waals surface area contributed by atoms with Gasteiger partial charge in [-0.25, -0.2) is 9.07 Å². The van der Waals surface area contributed by atoms with Crippen LogP contribution in [0.15, 0.2) is 30.5 Å². The van der Waals surface area contributed by atoms with E-state index in [1.54, 1.807) is 23.0 Å². The number of benzene rings is 1. The first-order valence-corrected chi connectivity index (χ1v) is 5.25. The summed E-state index contributed by atoms with van der Waals surface area (Å²) in [5, 5.41) is 7.73. The SMILES string of the molecule is NCc1cn(CCOc2ccc(F)cc2)nn1. The van der Waals surface area contributed by atoms with Gasteiger partial charge in [-0.05, 0) is 24.3 Å². The molecule has 0 aliphatic carbocycles. The topological polar surface area (TPSA) is 66.0 Å². The van der Waals surface area contributed by atoms with Crippen molar-refractivity contribution in [3.05, 3.63) is 42.0 Å². The molecule has 90 valence electrons. The number of rotatable bonds is 5. The predicted molar refractivity (Wildman–Crippen MR) is 59.8 cm³/mol. The Morgan fingerprint density at radius 1 is 1.29 bits per heavy atom. The molecule has 17 heavy (non-hydrogen) atoms. The Labute approximate surface area is 98.0 Å². The lowest BCUT2D eigenvalue weighted by atomic mass is 10.3. The van der Waals surface area contributed by atoms with Crippen molar-refractivity contribution >= 4 is 0 Å². The number of hydrogen-bond acceptors (Lipinski definition) is 4. The smallest absolute Gasteiger partial charge is 0.123 e. The Balaban J connectivity index is 1.81. The fourth-order valence-electron chi connectivity index (χ4n) is 1.33. The Morgan fingerprint density at radius 2 is 2.06 bits per heavy atom. The third-order valence-electron chi connectivity index (χ3n) is 2.20. The van der Waals surface area contributed by atoms with Gasteiger partial charge in [0.15, 0.2) is 0 Å². The number of nitrogens with two attached hydrogens (primary N) is 1. The molecule has 1 heterocycles. The number of halogens is 1. The first-order valence-electron chi connectivity index (χ1n) is 5.25. The van der Waals surface area contributed by atoms with E-state index in [0.717, 1.165) is 5.69 Å². The molecule has 1 aromatic heterocycles. The van der Waals surface area contributed by atoms with Crippen molar-refractivity contribution in [2.45, 2.75) is 13.1 Å². The summed E-state index contributed by atoms with van der Waals surface area (Å²) in [6.07, 6.45) is 1.77. The first kappa shape index (κ1) is 11.5. The van der Waals surface area contributed by atoms with Crippen LogP contribution in [0.4, 0.5) is 4.39 Å². The van der Waals surface area contributed by atoms with Crippen molar-refractivity contribution in [1.29, 1.82) is 0 Å². The highest BCUT2D eigenvalue weighted by atomic mass is 19.1. The Morgan fingerprint density at radius 3 is 2.71 bits per heavy atom. The van der Waals surface area contributed by atoms with Crippen LogP contribution in [-0.2, 0) is 13.1 Å². The number of aromatic nitrogens is 3. The van der Waals surface area contributed by atoms with Crippen LogP contribution >= 0.6 is 0 Å². The fraction of sp³-hybridized carbons (Fsp3) is 0.273. The molecule has 2 aromatic rings. The van der Waals surface area contributed by atoms with E-state index in [9.17, 15) is 4.39 Å². The van der Waals surface area contributed by atoms with E-state index in [2.05, 4.69) is 10.3 Å². The van der Waals surface area contributed by atoms with E-state index < -0.39 is 0 Å². The standard InChI is InChI=1S/C11H13FN4O/c12-9-1-3-11(4-2-9)17-6-5-16-8-10(7-13)14-15-16/h1-4,8H,5-7,13H2. The van der Waals surface area contributed by atoms with Gasteiger partial charge < -0.3 is 10.5 Å².